The third-order valence-electron chi connectivity index (χ3n) is 5.32. The van der Waals surface area contributed by atoms with Crippen LogP contribution in [0.15, 0.2) is 95.6 Å². The van der Waals surface area contributed by atoms with Crippen LogP contribution in [0.1, 0.15) is 19.4 Å². The molecule has 0 aliphatic rings. The Balaban J connectivity index is 1.61. The van der Waals surface area contributed by atoms with Crippen molar-refractivity contribution in [2.45, 2.75) is 24.3 Å². The Kier molecular flexibility index (Phi) is 6.86. The second-order valence-electron chi connectivity index (χ2n) is 8.28. The normalized spacial score (nSPS) is 11.4. The monoisotopic (exact) mass is 510 g/mol. The largest absolute Gasteiger partial charge is 0.269 e. The van der Waals surface area contributed by atoms with E-state index in [1.807, 2.05) is 48.7 Å². The van der Waals surface area contributed by atoms with Gasteiger partial charge in [-0.25, -0.2) is 4.68 Å². The Bertz CT molecular complexity index is 1550. The fourth-order valence-corrected chi connectivity index (χ4v) is 4.36. The maximum Gasteiger partial charge on any atom is 0.269 e. The van der Waals surface area contributed by atoms with Crippen LogP contribution in [0.25, 0.3) is 28.3 Å². The third-order valence-corrected chi connectivity index (χ3v) is 6.26. The molecular weight excluding hydrogens is 488 g/mol. The predicted octanol–water partition coefficient (Wildman–Crippen LogP) is 5.48. The molecule has 0 amide bonds. The summed E-state index contributed by atoms with van der Waals surface area (Å²) in [5, 5.41) is 30.4. The molecule has 11 heteroatoms. The number of hydrogen-bond donors (Lipinski definition) is 0. The molecular formula is C26H22N8O2S. The molecule has 3 aromatic heterocycles. The lowest BCUT2D eigenvalue weighted by atomic mass is 10.1. The molecule has 0 fully saturated rings. The predicted molar refractivity (Wildman–Crippen MR) is 143 cm³/mol. The Labute approximate surface area is 216 Å². The number of nitro benzene ring substituents is 1. The molecule has 0 aliphatic carbocycles. The number of benzene rings is 2. The SMILES string of the molecule is CC(C)Sc1nnc(-c2ccncc2)n1N=Cc1cn(-c2ccccc2)nc1-c1ccc([N+](=O)[O-])cc1. The molecule has 0 N–H and O–H groups in total. The van der Waals surface area contributed by atoms with E-state index in [4.69, 9.17) is 10.2 Å². The Hall–Kier alpha value is -4.64. The zero-order valence-corrected chi connectivity index (χ0v) is 20.9. The van der Waals surface area contributed by atoms with Crippen molar-refractivity contribution in [3.8, 4) is 28.3 Å². The lowest BCUT2D eigenvalue weighted by molar-refractivity contribution is -0.384. The molecule has 2 aromatic carbocycles. The summed E-state index contributed by atoms with van der Waals surface area (Å²) in [4.78, 5) is 14.8. The summed E-state index contributed by atoms with van der Waals surface area (Å²) in [6, 6.07) is 19.7. The van der Waals surface area contributed by atoms with Gasteiger partial charge in [-0.05, 0) is 36.4 Å². The zero-order chi connectivity index (χ0) is 25.8. The van der Waals surface area contributed by atoms with Gasteiger partial charge in [-0.3, -0.25) is 15.1 Å². The second kappa shape index (κ2) is 10.5. The van der Waals surface area contributed by atoms with Crippen molar-refractivity contribution in [3.63, 3.8) is 0 Å². The zero-order valence-electron chi connectivity index (χ0n) is 20.0. The summed E-state index contributed by atoms with van der Waals surface area (Å²) in [7, 11) is 0. The number of nitro groups is 1. The quantitative estimate of drug-likeness (QED) is 0.117. The van der Waals surface area contributed by atoms with Crippen LogP contribution in [0.2, 0.25) is 0 Å². The molecule has 37 heavy (non-hydrogen) atoms. The van der Waals surface area contributed by atoms with Crippen LogP contribution in [-0.2, 0) is 0 Å². The van der Waals surface area contributed by atoms with E-state index in [0.29, 0.717) is 16.7 Å². The van der Waals surface area contributed by atoms with Crippen molar-refractivity contribution in [1.29, 1.82) is 0 Å². The van der Waals surface area contributed by atoms with Crippen LogP contribution in [0.4, 0.5) is 5.69 Å². The van der Waals surface area contributed by atoms with E-state index in [0.717, 1.165) is 22.4 Å². The van der Waals surface area contributed by atoms with Gasteiger partial charge in [-0.2, -0.15) is 14.9 Å². The van der Waals surface area contributed by atoms with Crippen LogP contribution < -0.4 is 0 Å². The number of aromatic nitrogens is 6. The highest BCUT2D eigenvalue weighted by atomic mass is 32.2. The van der Waals surface area contributed by atoms with E-state index in [1.54, 1.807) is 51.9 Å². The number of non-ortho nitro benzene ring substituents is 1. The van der Waals surface area contributed by atoms with Gasteiger partial charge in [0.1, 0.15) is 5.69 Å². The van der Waals surface area contributed by atoms with Crippen molar-refractivity contribution >= 4 is 23.7 Å². The molecule has 0 saturated carbocycles. The van der Waals surface area contributed by atoms with Gasteiger partial charge >= 0.3 is 0 Å². The van der Waals surface area contributed by atoms with Crippen molar-refractivity contribution in [2.75, 3.05) is 0 Å². The van der Waals surface area contributed by atoms with Crippen LogP contribution in [0.5, 0.6) is 0 Å². The number of pyridine rings is 1. The van der Waals surface area contributed by atoms with Crippen LogP contribution in [0, 0.1) is 10.1 Å². The van der Waals surface area contributed by atoms with Crippen molar-refractivity contribution in [2.24, 2.45) is 5.10 Å². The smallest absolute Gasteiger partial charge is 0.265 e. The second-order valence-corrected chi connectivity index (χ2v) is 9.83. The molecule has 0 atom stereocenters. The van der Waals surface area contributed by atoms with E-state index in [9.17, 15) is 10.1 Å². The summed E-state index contributed by atoms with van der Waals surface area (Å²) < 4.78 is 3.47. The van der Waals surface area contributed by atoms with Crippen molar-refractivity contribution in [3.05, 3.63) is 101 Å². The van der Waals surface area contributed by atoms with Gasteiger partial charge < -0.3 is 0 Å². The first kappa shape index (κ1) is 24.1. The number of rotatable bonds is 8. The summed E-state index contributed by atoms with van der Waals surface area (Å²) in [5.74, 6) is 0.592. The summed E-state index contributed by atoms with van der Waals surface area (Å²) in [5.41, 5.74) is 3.83. The summed E-state index contributed by atoms with van der Waals surface area (Å²) in [6.07, 6.45) is 6.98. The number of thioether (sulfide) groups is 1. The molecule has 0 unspecified atom stereocenters. The molecule has 10 nitrogen and oxygen atoms in total. The van der Waals surface area contributed by atoms with Crippen LogP contribution in [-0.4, -0.2) is 46.0 Å². The number of hydrogen-bond acceptors (Lipinski definition) is 8. The lowest BCUT2D eigenvalue weighted by Gasteiger charge is -2.06. The maximum atomic E-state index is 11.1. The summed E-state index contributed by atoms with van der Waals surface area (Å²) >= 11 is 1.56. The molecule has 0 aliphatic heterocycles. The number of para-hydroxylation sites is 1. The average molecular weight is 511 g/mol. The molecule has 0 saturated heterocycles. The molecule has 3 heterocycles. The van der Waals surface area contributed by atoms with Crippen LogP contribution >= 0.6 is 11.8 Å². The van der Waals surface area contributed by atoms with E-state index < -0.39 is 4.92 Å². The maximum absolute atomic E-state index is 11.1. The van der Waals surface area contributed by atoms with Crippen LogP contribution in [0.3, 0.4) is 0 Å². The Morgan fingerprint density at radius 3 is 2.38 bits per heavy atom. The van der Waals surface area contributed by atoms with Gasteiger partial charge in [-0.15, -0.1) is 10.2 Å². The van der Waals surface area contributed by atoms with Gasteiger partial charge in [0.15, 0.2) is 5.82 Å². The minimum Gasteiger partial charge on any atom is -0.265 e. The van der Waals surface area contributed by atoms with E-state index >= 15 is 0 Å². The van der Waals surface area contributed by atoms with E-state index in [-0.39, 0.29) is 10.9 Å². The highest BCUT2D eigenvalue weighted by molar-refractivity contribution is 7.99. The van der Waals surface area contributed by atoms with Gasteiger partial charge in [0.05, 0.1) is 16.8 Å². The number of nitrogens with zero attached hydrogens (tertiary/aromatic N) is 8. The standard InChI is InChI=1S/C26H22N8O2S/c1-18(2)37-26-30-29-25(20-12-14-27-15-13-20)33(26)28-16-21-17-32(22-6-4-3-5-7-22)31-24(21)19-8-10-23(11-9-19)34(35)36/h3-18H,1-2H3. The summed E-state index contributed by atoms with van der Waals surface area (Å²) in [6.45, 7) is 4.16. The first-order chi connectivity index (χ1) is 18.0. The first-order valence-corrected chi connectivity index (χ1v) is 12.3. The molecule has 5 rings (SSSR count). The van der Waals surface area contributed by atoms with Gasteiger partial charge in [0, 0.05) is 52.7 Å². The fraction of sp³-hybridized carbons (Fsp3) is 0.115. The Morgan fingerprint density at radius 1 is 0.973 bits per heavy atom. The first-order valence-electron chi connectivity index (χ1n) is 11.5. The third kappa shape index (κ3) is 5.31. The molecule has 184 valence electrons. The van der Waals surface area contributed by atoms with Gasteiger partial charge in [0.25, 0.3) is 5.69 Å². The van der Waals surface area contributed by atoms with Crippen molar-refractivity contribution < 1.29 is 4.92 Å². The highest BCUT2D eigenvalue weighted by Crippen LogP contribution is 2.28. The highest BCUT2D eigenvalue weighted by Gasteiger charge is 2.17. The fourth-order valence-electron chi connectivity index (χ4n) is 3.61. The minimum atomic E-state index is -0.421. The lowest BCUT2D eigenvalue weighted by Crippen LogP contribution is -1.99. The van der Waals surface area contributed by atoms with Gasteiger partial charge in [-0.1, -0.05) is 43.8 Å². The molecule has 0 bridgehead atoms. The molecule has 5 aromatic rings. The molecule has 0 radical (unpaired) electrons. The van der Waals surface area contributed by atoms with Crippen molar-refractivity contribution in [1.82, 2.24) is 29.6 Å². The van der Waals surface area contributed by atoms with E-state index in [1.165, 1.54) is 12.1 Å². The topological polar surface area (TPSA) is 117 Å². The average Bonchev–Trinajstić information content (AvgIpc) is 3.52. The van der Waals surface area contributed by atoms with E-state index in [2.05, 4.69) is 29.0 Å². The minimum absolute atomic E-state index is 0.0169. The molecule has 0 spiro atoms. The Morgan fingerprint density at radius 2 is 1.70 bits per heavy atom. The van der Waals surface area contributed by atoms with Gasteiger partial charge in [0.2, 0.25) is 5.16 Å².